The van der Waals surface area contributed by atoms with E-state index in [1.165, 1.54) is 4.88 Å². The van der Waals surface area contributed by atoms with Crippen LogP contribution in [0.3, 0.4) is 0 Å². The Labute approximate surface area is 147 Å². The largest absolute Gasteiger partial charge is 0.358 e. The second-order valence-corrected chi connectivity index (χ2v) is 7.32. The highest BCUT2D eigenvalue weighted by Crippen LogP contribution is 2.16. The molecule has 0 unspecified atom stereocenters. The van der Waals surface area contributed by atoms with Gasteiger partial charge in [-0.25, -0.2) is 4.98 Å². The van der Waals surface area contributed by atoms with Gasteiger partial charge in [0.2, 0.25) is 5.91 Å². The van der Waals surface area contributed by atoms with Crippen LogP contribution in [0.4, 0.5) is 0 Å². The predicted octanol–water partition coefficient (Wildman–Crippen LogP) is 0.635. The number of aryl methyl sites for hydroxylation is 2. The molecule has 0 atom stereocenters. The second-order valence-electron chi connectivity index (χ2n) is 6.04. The molecule has 1 aliphatic heterocycles. The Bertz CT molecular complexity index is 577. The number of carbonyl (C=O) groups excluding carboxylic acids is 1. The Kier molecular flexibility index (Phi) is 6.99. The van der Waals surface area contributed by atoms with Gasteiger partial charge >= 0.3 is 0 Å². The molecule has 2 heterocycles. The molecule has 7 nitrogen and oxygen atoms in total. The first-order valence-corrected chi connectivity index (χ1v) is 9.16. The van der Waals surface area contributed by atoms with Crippen molar-refractivity contribution < 1.29 is 4.79 Å². The van der Waals surface area contributed by atoms with Crippen LogP contribution in [0.25, 0.3) is 0 Å². The van der Waals surface area contributed by atoms with Gasteiger partial charge in [0.25, 0.3) is 0 Å². The summed E-state index contributed by atoms with van der Waals surface area (Å²) in [4.78, 5) is 23.6. The minimum atomic E-state index is 0.0779. The van der Waals surface area contributed by atoms with Gasteiger partial charge in [-0.15, -0.1) is 11.3 Å². The number of guanidine groups is 1. The molecule has 1 aliphatic rings. The van der Waals surface area contributed by atoms with Crippen molar-refractivity contribution in [1.82, 2.24) is 25.8 Å². The summed E-state index contributed by atoms with van der Waals surface area (Å²) in [5.74, 6) is 0.902. The molecule has 0 aromatic carbocycles. The molecule has 3 N–H and O–H groups in total. The van der Waals surface area contributed by atoms with Crippen molar-refractivity contribution in [3.05, 3.63) is 15.6 Å². The highest BCUT2D eigenvalue weighted by atomic mass is 32.1. The van der Waals surface area contributed by atoms with Crippen molar-refractivity contribution in [2.75, 3.05) is 33.7 Å². The van der Waals surface area contributed by atoms with Crippen molar-refractivity contribution in [2.45, 2.75) is 39.3 Å². The lowest BCUT2D eigenvalue weighted by molar-refractivity contribution is -0.122. The van der Waals surface area contributed by atoms with Crippen LogP contribution in [0, 0.1) is 13.8 Å². The van der Waals surface area contributed by atoms with E-state index >= 15 is 0 Å². The summed E-state index contributed by atoms with van der Waals surface area (Å²) in [6.45, 7) is 7.15. The Hall–Kier alpha value is -1.67. The Morgan fingerprint density at radius 3 is 2.62 bits per heavy atom. The van der Waals surface area contributed by atoms with Gasteiger partial charge in [0.1, 0.15) is 0 Å². The summed E-state index contributed by atoms with van der Waals surface area (Å²) < 4.78 is 0. The average Bonchev–Trinajstić information content (AvgIpc) is 2.90. The van der Waals surface area contributed by atoms with Gasteiger partial charge in [0.05, 0.1) is 23.8 Å². The lowest BCUT2D eigenvalue weighted by Crippen LogP contribution is -2.49. The van der Waals surface area contributed by atoms with E-state index in [2.05, 4.69) is 30.8 Å². The van der Waals surface area contributed by atoms with Crippen LogP contribution >= 0.6 is 11.3 Å². The normalized spacial score (nSPS) is 16.9. The third-order valence-electron chi connectivity index (χ3n) is 4.21. The van der Waals surface area contributed by atoms with Crippen molar-refractivity contribution in [2.24, 2.45) is 4.99 Å². The van der Waals surface area contributed by atoms with E-state index in [4.69, 9.17) is 0 Å². The molecule has 0 spiro atoms. The number of aromatic nitrogens is 1. The molecular weight excluding hydrogens is 324 g/mol. The van der Waals surface area contributed by atoms with E-state index in [1.807, 2.05) is 13.8 Å². The van der Waals surface area contributed by atoms with Crippen molar-refractivity contribution in [3.8, 4) is 0 Å². The molecule has 0 aliphatic carbocycles. The maximum Gasteiger partial charge on any atom is 0.233 e. The molecule has 8 heteroatoms. The molecule has 0 bridgehead atoms. The number of carbonyl (C=O) groups is 1. The maximum atomic E-state index is 11.4. The Balaban J connectivity index is 1.76. The summed E-state index contributed by atoms with van der Waals surface area (Å²) in [6, 6.07) is 0.390. The average molecular weight is 353 g/mol. The van der Waals surface area contributed by atoms with Gasteiger partial charge in [0.15, 0.2) is 5.96 Å². The van der Waals surface area contributed by atoms with E-state index in [0.717, 1.165) is 49.1 Å². The molecule has 0 saturated carbocycles. The summed E-state index contributed by atoms with van der Waals surface area (Å²) in [7, 11) is 3.47. The topological polar surface area (TPSA) is 81.7 Å². The molecular formula is C16H28N6OS. The number of rotatable bonds is 5. The van der Waals surface area contributed by atoms with Crippen LogP contribution in [0.5, 0.6) is 0 Å². The van der Waals surface area contributed by atoms with E-state index in [9.17, 15) is 4.79 Å². The number of amides is 1. The summed E-state index contributed by atoms with van der Waals surface area (Å²) in [5.41, 5.74) is 1.09. The number of piperidine rings is 1. The number of thiazole rings is 1. The number of nitrogens with zero attached hydrogens (tertiary/aromatic N) is 3. The minimum Gasteiger partial charge on any atom is -0.358 e. The fraction of sp³-hybridized carbons (Fsp3) is 0.688. The maximum absolute atomic E-state index is 11.4. The lowest BCUT2D eigenvalue weighted by atomic mass is 10.1. The number of nitrogens with one attached hydrogen (secondary N) is 3. The SMILES string of the molecule is CN=C(NCc1sc(C)nc1C)NC1CCN(CC(=O)NC)CC1. The van der Waals surface area contributed by atoms with Gasteiger partial charge in [-0.3, -0.25) is 14.7 Å². The molecule has 2 rings (SSSR count). The monoisotopic (exact) mass is 352 g/mol. The van der Waals surface area contributed by atoms with Crippen molar-refractivity contribution in [3.63, 3.8) is 0 Å². The van der Waals surface area contributed by atoms with Gasteiger partial charge in [-0.1, -0.05) is 0 Å². The van der Waals surface area contributed by atoms with Crippen LogP contribution in [-0.2, 0) is 11.3 Å². The van der Waals surface area contributed by atoms with Crippen LogP contribution in [0.15, 0.2) is 4.99 Å². The molecule has 1 saturated heterocycles. The first-order valence-electron chi connectivity index (χ1n) is 8.34. The van der Waals surface area contributed by atoms with E-state index in [-0.39, 0.29) is 5.91 Å². The van der Waals surface area contributed by atoms with E-state index in [0.29, 0.717) is 12.6 Å². The second kappa shape index (κ2) is 8.98. The van der Waals surface area contributed by atoms with Crippen LogP contribution in [-0.4, -0.2) is 61.5 Å². The fourth-order valence-corrected chi connectivity index (χ4v) is 3.68. The first-order chi connectivity index (χ1) is 11.5. The molecule has 24 heavy (non-hydrogen) atoms. The Morgan fingerprint density at radius 1 is 1.38 bits per heavy atom. The lowest BCUT2D eigenvalue weighted by Gasteiger charge is -2.32. The van der Waals surface area contributed by atoms with E-state index in [1.54, 1.807) is 25.4 Å². The number of hydrogen-bond acceptors (Lipinski definition) is 5. The molecule has 1 aromatic heterocycles. The van der Waals surface area contributed by atoms with Crippen LogP contribution < -0.4 is 16.0 Å². The predicted molar refractivity (Wildman–Crippen MR) is 98.5 cm³/mol. The molecule has 134 valence electrons. The third-order valence-corrected chi connectivity index (χ3v) is 5.29. The van der Waals surface area contributed by atoms with Crippen molar-refractivity contribution in [1.29, 1.82) is 0 Å². The van der Waals surface area contributed by atoms with Gasteiger partial charge in [-0.2, -0.15) is 0 Å². The zero-order chi connectivity index (χ0) is 17.5. The minimum absolute atomic E-state index is 0.0779. The third kappa shape index (κ3) is 5.45. The molecule has 1 aromatic rings. The quantitative estimate of drug-likeness (QED) is 0.535. The number of likely N-dealkylation sites (tertiary alicyclic amines) is 1. The standard InChI is InChI=1S/C16H28N6OS/c1-11-14(24-12(2)20-11)9-19-16(18-4)21-13-5-7-22(8-6-13)10-15(23)17-3/h13H,5-10H2,1-4H3,(H,17,23)(H2,18,19,21). The molecule has 0 radical (unpaired) electrons. The molecule has 1 fully saturated rings. The Morgan fingerprint density at radius 2 is 2.08 bits per heavy atom. The number of hydrogen-bond donors (Lipinski definition) is 3. The fourth-order valence-electron chi connectivity index (χ4n) is 2.81. The highest BCUT2D eigenvalue weighted by molar-refractivity contribution is 7.11. The smallest absolute Gasteiger partial charge is 0.233 e. The number of likely N-dealkylation sites (N-methyl/N-ethyl adjacent to an activating group) is 1. The zero-order valence-electron chi connectivity index (χ0n) is 15.0. The van der Waals surface area contributed by atoms with Crippen LogP contribution in [0.1, 0.15) is 28.4 Å². The summed E-state index contributed by atoms with van der Waals surface area (Å²) >= 11 is 1.72. The van der Waals surface area contributed by atoms with Crippen LogP contribution in [0.2, 0.25) is 0 Å². The van der Waals surface area contributed by atoms with Gasteiger partial charge < -0.3 is 16.0 Å². The summed E-state index contributed by atoms with van der Waals surface area (Å²) in [5, 5.41) is 10.6. The van der Waals surface area contributed by atoms with Gasteiger partial charge in [0, 0.05) is 38.1 Å². The first kappa shape index (κ1) is 18.7. The zero-order valence-corrected chi connectivity index (χ0v) is 15.8. The van der Waals surface area contributed by atoms with E-state index < -0.39 is 0 Å². The highest BCUT2D eigenvalue weighted by Gasteiger charge is 2.21. The summed E-state index contributed by atoms with van der Waals surface area (Å²) in [6.07, 6.45) is 2.02. The number of aliphatic imine (C=N–C) groups is 1. The van der Waals surface area contributed by atoms with Crippen molar-refractivity contribution >= 4 is 23.2 Å². The van der Waals surface area contributed by atoms with Gasteiger partial charge in [-0.05, 0) is 26.7 Å². The molecule has 1 amide bonds.